The van der Waals surface area contributed by atoms with E-state index in [9.17, 15) is 9.59 Å². The molecule has 0 unspecified atom stereocenters. The van der Waals surface area contributed by atoms with Crippen LogP contribution in [0.2, 0.25) is 0 Å². The fraction of sp³-hybridized carbons (Fsp3) is 0.312. The Balaban J connectivity index is 2.33. The van der Waals surface area contributed by atoms with Gasteiger partial charge in [0.05, 0.1) is 29.6 Å². The van der Waals surface area contributed by atoms with Crippen molar-refractivity contribution < 1.29 is 19.1 Å². The summed E-state index contributed by atoms with van der Waals surface area (Å²) in [5, 5.41) is 9.06. The van der Waals surface area contributed by atoms with E-state index in [1.807, 2.05) is 6.92 Å². The Morgan fingerprint density at radius 3 is 2.72 bits per heavy atom. The van der Waals surface area contributed by atoms with E-state index in [0.29, 0.717) is 33.8 Å². The van der Waals surface area contributed by atoms with Crippen molar-refractivity contribution in [3.63, 3.8) is 0 Å². The number of nitrogens with one attached hydrogen (secondary N) is 2. The third-order valence-electron chi connectivity index (χ3n) is 3.36. The van der Waals surface area contributed by atoms with Crippen LogP contribution in [0.3, 0.4) is 0 Å². The summed E-state index contributed by atoms with van der Waals surface area (Å²) in [5.74, 6) is -0.222. The molecule has 0 aliphatic heterocycles. The Labute approximate surface area is 153 Å². The summed E-state index contributed by atoms with van der Waals surface area (Å²) >= 11 is 3.39. The van der Waals surface area contributed by atoms with Gasteiger partial charge in [0, 0.05) is 5.56 Å². The number of ether oxygens (including phenoxy) is 2. The number of aryl methyl sites for hydroxylation is 1. The summed E-state index contributed by atoms with van der Waals surface area (Å²) in [5.41, 5.74) is 6.33. The van der Waals surface area contributed by atoms with Crippen LogP contribution in [0.4, 0.5) is 5.69 Å². The number of hydrogen-bond donors (Lipinski definition) is 3. The highest BCUT2D eigenvalue weighted by atomic mass is 79.9. The molecule has 4 N–H and O–H groups in total. The highest BCUT2D eigenvalue weighted by molar-refractivity contribution is 9.10. The van der Waals surface area contributed by atoms with Crippen LogP contribution < -0.4 is 20.5 Å². The topological polar surface area (TPSA) is 119 Å². The minimum absolute atomic E-state index is 0.0280. The van der Waals surface area contributed by atoms with E-state index in [1.165, 1.54) is 7.11 Å². The third kappa shape index (κ3) is 4.11. The molecule has 0 radical (unpaired) electrons. The van der Waals surface area contributed by atoms with Crippen molar-refractivity contribution in [2.45, 2.75) is 20.3 Å². The van der Waals surface area contributed by atoms with Gasteiger partial charge in [0.15, 0.2) is 17.2 Å². The molecule has 8 nitrogen and oxygen atoms in total. The number of aromatic nitrogens is 2. The largest absolute Gasteiger partial charge is 0.493 e. The molecule has 134 valence electrons. The zero-order chi connectivity index (χ0) is 18.6. The number of aromatic amines is 1. The second kappa shape index (κ2) is 8.02. The van der Waals surface area contributed by atoms with Gasteiger partial charge in [0.2, 0.25) is 0 Å². The molecule has 2 aromatic rings. The molecule has 1 heterocycles. The number of benzene rings is 1. The van der Waals surface area contributed by atoms with Crippen LogP contribution in [0.25, 0.3) is 0 Å². The molecule has 0 aliphatic carbocycles. The molecule has 0 saturated heterocycles. The normalized spacial score (nSPS) is 10.4. The summed E-state index contributed by atoms with van der Waals surface area (Å²) in [6.07, 6.45) is 0.841. The molecule has 25 heavy (non-hydrogen) atoms. The minimum Gasteiger partial charge on any atom is -0.493 e. The third-order valence-corrected chi connectivity index (χ3v) is 3.95. The summed E-state index contributed by atoms with van der Waals surface area (Å²) in [4.78, 5) is 24.0. The Morgan fingerprint density at radius 1 is 1.40 bits per heavy atom. The van der Waals surface area contributed by atoms with Gasteiger partial charge in [-0.05, 0) is 41.4 Å². The SMILES string of the molecule is CCCOc1c(Br)cc(C(=O)Nc2c(C(N)=O)n[nH]c2C)cc1OC. The number of hydrogen-bond acceptors (Lipinski definition) is 5. The number of halogens is 1. The standard InChI is InChI=1S/C16H19BrN4O4/c1-4-5-25-14-10(17)6-9(7-11(14)24-3)16(23)19-12-8(2)20-21-13(12)15(18)22/h6-7H,4-5H2,1-3H3,(H2,18,22)(H,19,23)(H,20,21). The smallest absolute Gasteiger partial charge is 0.271 e. The van der Waals surface area contributed by atoms with Gasteiger partial charge in [0.1, 0.15) is 0 Å². The summed E-state index contributed by atoms with van der Waals surface area (Å²) in [6.45, 7) is 4.19. The molecule has 1 aromatic heterocycles. The first-order valence-electron chi connectivity index (χ1n) is 7.55. The van der Waals surface area contributed by atoms with Crippen molar-refractivity contribution in [1.82, 2.24) is 10.2 Å². The molecule has 9 heteroatoms. The van der Waals surface area contributed by atoms with Crippen molar-refractivity contribution in [1.29, 1.82) is 0 Å². The zero-order valence-electron chi connectivity index (χ0n) is 14.1. The Morgan fingerprint density at radius 2 is 2.12 bits per heavy atom. The van der Waals surface area contributed by atoms with Crippen LogP contribution in [0.1, 0.15) is 39.9 Å². The number of nitrogens with two attached hydrogens (primary N) is 1. The average Bonchev–Trinajstić information content (AvgIpc) is 2.94. The fourth-order valence-corrected chi connectivity index (χ4v) is 2.70. The number of H-pyrrole nitrogens is 1. The monoisotopic (exact) mass is 410 g/mol. The quantitative estimate of drug-likeness (QED) is 0.647. The highest BCUT2D eigenvalue weighted by Gasteiger charge is 2.20. The van der Waals surface area contributed by atoms with E-state index in [1.54, 1.807) is 19.1 Å². The molecule has 0 fully saturated rings. The Hall–Kier alpha value is -2.55. The van der Waals surface area contributed by atoms with Gasteiger partial charge < -0.3 is 20.5 Å². The number of carbonyl (C=O) groups is 2. The van der Waals surface area contributed by atoms with Gasteiger partial charge >= 0.3 is 0 Å². The fourth-order valence-electron chi connectivity index (χ4n) is 2.14. The van der Waals surface area contributed by atoms with Gasteiger partial charge in [-0.3, -0.25) is 14.7 Å². The van der Waals surface area contributed by atoms with Crippen molar-refractivity contribution in [2.75, 3.05) is 19.0 Å². The van der Waals surface area contributed by atoms with Crippen LogP contribution in [0, 0.1) is 6.92 Å². The predicted octanol–water partition coefficient (Wildman–Crippen LogP) is 2.63. The van der Waals surface area contributed by atoms with Gasteiger partial charge in [-0.2, -0.15) is 5.10 Å². The maximum atomic E-state index is 12.6. The first kappa shape index (κ1) is 18.8. The van der Waals surface area contributed by atoms with E-state index < -0.39 is 11.8 Å². The number of carbonyl (C=O) groups excluding carboxylic acids is 2. The van der Waals surface area contributed by atoms with Crippen LogP contribution in [0.15, 0.2) is 16.6 Å². The molecule has 2 rings (SSSR count). The molecule has 0 bridgehead atoms. The van der Waals surface area contributed by atoms with E-state index in [4.69, 9.17) is 15.2 Å². The molecule has 1 aromatic carbocycles. The molecule has 0 spiro atoms. The van der Waals surface area contributed by atoms with Crippen LogP contribution in [-0.4, -0.2) is 35.7 Å². The number of anilines is 1. The highest BCUT2D eigenvalue weighted by Crippen LogP contribution is 2.37. The average molecular weight is 411 g/mol. The molecular formula is C16H19BrN4O4. The number of amides is 2. The number of primary amides is 1. The van der Waals surface area contributed by atoms with Gasteiger partial charge in [-0.1, -0.05) is 6.92 Å². The lowest BCUT2D eigenvalue weighted by atomic mass is 10.1. The van der Waals surface area contributed by atoms with Gasteiger partial charge in [0.25, 0.3) is 11.8 Å². The maximum Gasteiger partial charge on any atom is 0.271 e. The Kier molecular flexibility index (Phi) is 6.02. The van der Waals surface area contributed by atoms with Crippen molar-refractivity contribution in [2.24, 2.45) is 5.73 Å². The summed E-state index contributed by atoms with van der Waals surface area (Å²) in [7, 11) is 1.49. The van der Waals surface area contributed by atoms with E-state index >= 15 is 0 Å². The molecular weight excluding hydrogens is 392 g/mol. The number of methoxy groups -OCH3 is 1. The van der Waals surface area contributed by atoms with E-state index in [2.05, 4.69) is 31.4 Å². The van der Waals surface area contributed by atoms with E-state index in [-0.39, 0.29) is 11.4 Å². The molecule has 0 atom stereocenters. The Bertz CT molecular complexity index is 804. The van der Waals surface area contributed by atoms with Gasteiger partial charge in [-0.25, -0.2) is 0 Å². The van der Waals surface area contributed by atoms with Crippen molar-refractivity contribution in [3.05, 3.63) is 33.6 Å². The first-order valence-corrected chi connectivity index (χ1v) is 8.34. The minimum atomic E-state index is -0.735. The predicted molar refractivity (Wildman–Crippen MR) is 96.3 cm³/mol. The molecule has 0 aliphatic rings. The first-order chi connectivity index (χ1) is 11.9. The molecule has 2 amide bonds. The van der Waals surface area contributed by atoms with E-state index in [0.717, 1.165) is 6.42 Å². The van der Waals surface area contributed by atoms with Crippen LogP contribution in [-0.2, 0) is 0 Å². The van der Waals surface area contributed by atoms with Crippen molar-refractivity contribution in [3.8, 4) is 11.5 Å². The lowest BCUT2D eigenvalue weighted by Crippen LogP contribution is -2.18. The molecule has 0 saturated carbocycles. The summed E-state index contributed by atoms with van der Waals surface area (Å²) in [6, 6.07) is 3.17. The number of rotatable bonds is 7. The van der Waals surface area contributed by atoms with Crippen LogP contribution >= 0.6 is 15.9 Å². The second-order valence-corrected chi connectivity index (χ2v) is 6.08. The lowest BCUT2D eigenvalue weighted by Gasteiger charge is -2.14. The maximum absolute atomic E-state index is 12.6. The van der Waals surface area contributed by atoms with Crippen molar-refractivity contribution >= 4 is 33.4 Å². The van der Waals surface area contributed by atoms with Crippen LogP contribution in [0.5, 0.6) is 11.5 Å². The lowest BCUT2D eigenvalue weighted by molar-refractivity contribution is 0.0996. The number of nitrogens with zero attached hydrogens (tertiary/aromatic N) is 1. The zero-order valence-corrected chi connectivity index (χ0v) is 15.7. The summed E-state index contributed by atoms with van der Waals surface area (Å²) < 4.78 is 11.5. The van der Waals surface area contributed by atoms with Gasteiger partial charge in [-0.15, -0.1) is 0 Å². The second-order valence-electron chi connectivity index (χ2n) is 5.23.